The fourth-order valence-corrected chi connectivity index (χ4v) is 1.96. The summed E-state index contributed by atoms with van der Waals surface area (Å²) in [5.74, 6) is -0.291. The van der Waals surface area contributed by atoms with Crippen molar-refractivity contribution in [2.24, 2.45) is 5.92 Å². The molecular weight excluding hydrogens is 268 g/mol. The molecule has 0 amide bonds. The molecule has 0 aromatic carbocycles. The lowest BCUT2D eigenvalue weighted by Gasteiger charge is -2.04. The normalized spacial score (nSPS) is 10.7. The van der Waals surface area contributed by atoms with Gasteiger partial charge in [-0.15, -0.1) is 0 Å². The van der Waals surface area contributed by atoms with Gasteiger partial charge in [-0.25, -0.2) is 4.79 Å². The lowest BCUT2D eigenvalue weighted by Crippen LogP contribution is -2.07. The van der Waals surface area contributed by atoms with Crippen LogP contribution in [0.25, 0.3) is 0 Å². The van der Waals surface area contributed by atoms with Crippen molar-refractivity contribution in [2.75, 3.05) is 7.11 Å². The maximum Gasteiger partial charge on any atom is 0.339 e. The number of hydrogen-bond donors (Lipinski definition) is 0. The van der Waals surface area contributed by atoms with Crippen LogP contribution in [0.1, 0.15) is 40.3 Å². The summed E-state index contributed by atoms with van der Waals surface area (Å²) < 4.78 is 6.52. The smallest absolute Gasteiger partial charge is 0.339 e. The highest BCUT2D eigenvalue weighted by atomic mass is 16.5. The van der Waals surface area contributed by atoms with Gasteiger partial charge >= 0.3 is 5.97 Å². The van der Waals surface area contributed by atoms with Crippen LogP contribution in [0.2, 0.25) is 0 Å². The third kappa shape index (κ3) is 3.56. The van der Waals surface area contributed by atoms with E-state index in [1.807, 2.05) is 36.9 Å². The predicted octanol–water partition coefficient (Wildman–Crippen LogP) is 2.56. The van der Waals surface area contributed by atoms with Crippen LogP contribution >= 0.6 is 0 Å². The van der Waals surface area contributed by atoms with Gasteiger partial charge in [0.2, 0.25) is 0 Å². The van der Waals surface area contributed by atoms with Crippen LogP contribution in [-0.4, -0.2) is 28.4 Å². The molecule has 0 saturated carbocycles. The Morgan fingerprint density at radius 2 is 2.00 bits per heavy atom. The van der Waals surface area contributed by atoms with Gasteiger partial charge in [-0.05, 0) is 18.2 Å². The Hall–Kier alpha value is -2.43. The van der Waals surface area contributed by atoms with Gasteiger partial charge in [-0.1, -0.05) is 13.8 Å². The fourth-order valence-electron chi connectivity index (χ4n) is 1.96. The van der Waals surface area contributed by atoms with Crippen molar-refractivity contribution in [3.05, 3.63) is 53.6 Å². The minimum Gasteiger partial charge on any atom is -0.465 e. The zero-order valence-electron chi connectivity index (χ0n) is 12.4. The molecule has 2 aromatic heterocycles. The largest absolute Gasteiger partial charge is 0.465 e. The molecule has 0 bridgehead atoms. The van der Waals surface area contributed by atoms with Gasteiger partial charge in [0.1, 0.15) is 0 Å². The van der Waals surface area contributed by atoms with Crippen molar-refractivity contribution in [2.45, 2.75) is 20.4 Å². The first kappa shape index (κ1) is 15.0. The molecule has 0 radical (unpaired) electrons. The van der Waals surface area contributed by atoms with Crippen molar-refractivity contribution >= 4 is 11.8 Å². The van der Waals surface area contributed by atoms with Gasteiger partial charge in [0.25, 0.3) is 0 Å². The molecule has 0 N–H and O–H groups in total. The molecule has 2 heterocycles. The molecule has 2 aromatic rings. The molecule has 0 saturated heterocycles. The topological polar surface area (TPSA) is 61.2 Å². The number of Topliss-reactive ketones (excluding diaryl/α,β-unsaturated/α-hetero) is 1. The van der Waals surface area contributed by atoms with Gasteiger partial charge in [-0.3, -0.25) is 9.78 Å². The first-order valence-corrected chi connectivity index (χ1v) is 6.74. The van der Waals surface area contributed by atoms with Crippen molar-refractivity contribution in [3.8, 4) is 0 Å². The van der Waals surface area contributed by atoms with Gasteiger partial charge in [0.15, 0.2) is 5.78 Å². The number of ketones is 1. The molecule has 5 heteroatoms. The molecule has 0 unspecified atom stereocenters. The van der Waals surface area contributed by atoms with Crippen molar-refractivity contribution < 1.29 is 14.3 Å². The van der Waals surface area contributed by atoms with Crippen molar-refractivity contribution in [3.63, 3.8) is 0 Å². The summed E-state index contributed by atoms with van der Waals surface area (Å²) in [6.07, 6.45) is 5.16. The Morgan fingerprint density at radius 1 is 1.24 bits per heavy atom. The van der Waals surface area contributed by atoms with Crippen LogP contribution in [0.4, 0.5) is 0 Å². The highest BCUT2D eigenvalue weighted by Gasteiger charge is 2.12. The highest BCUT2D eigenvalue weighted by molar-refractivity contribution is 5.97. The maximum atomic E-state index is 11.9. The van der Waals surface area contributed by atoms with Crippen LogP contribution in [0.15, 0.2) is 36.8 Å². The van der Waals surface area contributed by atoms with E-state index >= 15 is 0 Å². The monoisotopic (exact) mass is 286 g/mol. The van der Waals surface area contributed by atoms with E-state index in [4.69, 9.17) is 0 Å². The summed E-state index contributed by atoms with van der Waals surface area (Å²) in [5, 5.41) is 0. The van der Waals surface area contributed by atoms with E-state index in [1.54, 1.807) is 12.1 Å². The van der Waals surface area contributed by atoms with E-state index in [-0.39, 0.29) is 11.7 Å². The van der Waals surface area contributed by atoms with Crippen LogP contribution in [0, 0.1) is 5.92 Å². The molecule has 0 aliphatic carbocycles. The number of hydrogen-bond acceptors (Lipinski definition) is 4. The Labute approximate surface area is 123 Å². The second-order valence-electron chi connectivity index (χ2n) is 5.12. The second kappa shape index (κ2) is 6.35. The Balaban J connectivity index is 2.08. The minimum absolute atomic E-state index is 0.0154. The molecule has 0 aliphatic rings. The summed E-state index contributed by atoms with van der Waals surface area (Å²) in [6, 6.07) is 5.26. The summed E-state index contributed by atoms with van der Waals surface area (Å²) in [5.41, 5.74) is 1.93. The molecule has 5 nitrogen and oxygen atoms in total. The molecule has 110 valence electrons. The van der Waals surface area contributed by atoms with Gasteiger partial charge in [-0.2, -0.15) is 0 Å². The summed E-state index contributed by atoms with van der Waals surface area (Å²) in [4.78, 5) is 27.4. The number of pyridine rings is 1. The van der Waals surface area contributed by atoms with E-state index in [0.717, 1.165) is 5.69 Å². The Morgan fingerprint density at radius 3 is 2.57 bits per heavy atom. The SMILES string of the molecule is COC(=O)c1ccc(Cn2ccc(C(=O)C(C)C)c2)nc1. The molecular formula is C16H18N2O3. The number of carbonyl (C=O) groups is 2. The number of esters is 1. The zero-order chi connectivity index (χ0) is 15.4. The first-order valence-electron chi connectivity index (χ1n) is 6.74. The lowest BCUT2D eigenvalue weighted by molar-refractivity contribution is 0.0600. The number of aromatic nitrogens is 2. The molecule has 2 rings (SSSR count). The van der Waals surface area contributed by atoms with E-state index in [9.17, 15) is 9.59 Å². The third-order valence-electron chi connectivity index (χ3n) is 3.15. The van der Waals surface area contributed by atoms with E-state index in [2.05, 4.69) is 9.72 Å². The minimum atomic E-state index is -0.403. The average Bonchev–Trinajstić information content (AvgIpc) is 2.94. The third-order valence-corrected chi connectivity index (χ3v) is 3.15. The Bertz CT molecular complexity index is 642. The van der Waals surface area contributed by atoms with Crippen LogP contribution in [-0.2, 0) is 11.3 Å². The number of rotatable bonds is 5. The van der Waals surface area contributed by atoms with Crippen LogP contribution < -0.4 is 0 Å². The number of nitrogens with zero attached hydrogens (tertiary/aromatic N) is 2. The van der Waals surface area contributed by atoms with E-state index in [0.29, 0.717) is 17.7 Å². The van der Waals surface area contributed by atoms with E-state index in [1.165, 1.54) is 13.3 Å². The summed E-state index contributed by atoms with van der Waals surface area (Å²) >= 11 is 0. The van der Waals surface area contributed by atoms with Crippen LogP contribution in [0.5, 0.6) is 0 Å². The second-order valence-corrected chi connectivity index (χ2v) is 5.12. The van der Waals surface area contributed by atoms with Crippen LogP contribution in [0.3, 0.4) is 0 Å². The zero-order valence-corrected chi connectivity index (χ0v) is 12.4. The number of ether oxygens (including phenoxy) is 1. The number of carbonyl (C=O) groups excluding carboxylic acids is 2. The van der Waals surface area contributed by atoms with Gasteiger partial charge in [0, 0.05) is 30.1 Å². The quantitative estimate of drug-likeness (QED) is 0.626. The van der Waals surface area contributed by atoms with Crippen molar-refractivity contribution in [1.29, 1.82) is 0 Å². The highest BCUT2D eigenvalue weighted by Crippen LogP contribution is 2.11. The maximum absolute atomic E-state index is 11.9. The summed E-state index contributed by atoms with van der Waals surface area (Å²) in [6.45, 7) is 4.31. The van der Waals surface area contributed by atoms with Crippen molar-refractivity contribution in [1.82, 2.24) is 9.55 Å². The number of methoxy groups -OCH3 is 1. The predicted molar refractivity (Wildman–Crippen MR) is 78.3 cm³/mol. The Kier molecular flexibility index (Phi) is 4.52. The summed E-state index contributed by atoms with van der Waals surface area (Å²) in [7, 11) is 1.34. The fraction of sp³-hybridized carbons (Fsp3) is 0.312. The molecule has 0 atom stereocenters. The average molecular weight is 286 g/mol. The lowest BCUT2D eigenvalue weighted by atomic mass is 10.0. The molecule has 0 spiro atoms. The molecule has 21 heavy (non-hydrogen) atoms. The van der Waals surface area contributed by atoms with Gasteiger partial charge in [0.05, 0.1) is 24.9 Å². The first-order chi connectivity index (χ1) is 10.0. The van der Waals surface area contributed by atoms with Gasteiger partial charge < -0.3 is 9.30 Å². The van der Waals surface area contributed by atoms with E-state index < -0.39 is 5.97 Å². The molecule has 0 aliphatic heterocycles. The molecule has 0 fully saturated rings. The standard InChI is InChI=1S/C16H18N2O3/c1-11(2)15(19)13-6-7-18(9-13)10-14-5-4-12(8-17-14)16(20)21-3/h4-9,11H,10H2,1-3H3.